The van der Waals surface area contributed by atoms with E-state index in [1.54, 1.807) is 13.3 Å². The molecule has 2 N–H and O–H groups in total. The van der Waals surface area contributed by atoms with Crippen LogP contribution in [0.1, 0.15) is 40.4 Å². The van der Waals surface area contributed by atoms with Gasteiger partial charge < -0.3 is 15.4 Å². The van der Waals surface area contributed by atoms with Crippen LogP contribution in [0.4, 0.5) is 0 Å². The molecule has 1 heterocycles. The molecule has 0 bridgehead atoms. The highest BCUT2D eigenvalue weighted by atomic mass is 35.5. The van der Waals surface area contributed by atoms with E-state index in [1.807, 2.05) is 29.8 Å². The van der Waals surface area contributed by atoms with E-state index in [0.29, 0.717) is 36.2 Å². The van der Waals surface area contributed by atoms with Crippen LogP contribution in [-0.2, 0) is 4.74 Å². The van der Waals surface area contributed by atoms with Crippen molar-refractivity contribution in [3.63, 3.8) is 0 Å². The van der Waals surface area contributed by atoms with Crippen LogP contribution in [0.15, 0.2) is 24.4 Å². The molecule has 1 fully saturated rings. The molecular weight excluding hydrogens is 352 g/mol. The Morgan fingerprint density at radius 3 is 2.85 bits per heavy atom. The van der Waals surface area contributed by atoms with Crippen LogP contribution in [0.5, 0.6) is 0 Å². The van der Waals surface area contributed by atoms with E-state index < -0.39 is 0 Å². The van der Waals surface area contributed by atoms with Gasteiger partial charge in [-0.25, -0.2) is 4.68 Å². The molecule has 0 unspecified atom stereocenters. The average molecular weight is 377 g/mol. The summed E-state index contributed by atoms with van der Waals surface area (Å²) in [5.74, 6) is 0.308. The van der Waals surface area contributed by atoms with Crippen molar-refractivity contribution in [1.29, 1.82) is 0 Å². The highest BCUT2D eigenvalue weighted by Gasteiger charge is 2.32. The number of rotatable bonds is 9. The third kappa shape index (κ3) is 4.44. The lowest BCUT2D eigenvalue weighted by atomic mass is 10.1. The van der Waals surface area contributed by atoms with E-state index in [9.17, 15) is 4.79 Å². The predicted octanol–water partition coefficient (Wildman–Crippen LogP) is 2.68. The molecule has 0 saturated heterocycles. The second-order valence-electron chi connectivity index (χ2n) is 6.56. The van der Waals surface area contributed by atoms with Gasteiger partial charge in [0.15, 0.2) is 0 Å². The molecule has 26 heavy (non-hydrogen) atoms. The maximum Gasteiger partial charge on any atom is 0.254 e. The Kier molecular flexibility index (Phi) is 6.29. The monoisotopic (exact) mass is 376 g/mol. The summed E-state index contributed by atoms with van der Waals surface area (Å²) in [5, 5.41) is 11.3. The number of hydrogen-bond donors (Lipinski definition) is 2. The van der Waals surface area contributed by atoms with Gasteiger partial charge in [0.25, 0.3) is 5.91 Å². The van der Waals surface area contributed by atoms with Crippen LogP contribution in [0.2, 0.25) is 5.02 Å². The average Bonchev–Trinajstić information content (AvgIpc) is 3.38. The molecule has 1 saturated carbocycles. The lowest BCUT2D eigenvalue weighted by molar-refractivity contribution is 0.0952. The minimum Gasteiger partial charge on any atom is -0.383 e. The summed E-state index contributed by atoms with van der Waals surface area (Å²) < 4.78 is 6.83. The number of ether oxygens (including phenoxy) is 1. The molecule has 0 aliphatic heterocycles. The number of amides is 1. The van der Waals surface area contributed by atoms with Crippen molar-refractivity contribution in [2.45, 2.75) is 25.7 Å². The van der Waals surface area contributed by atoms with Crippen LogP contribution in [-0.4, -0.2) is 49.0 Å². The summed E-state index contributed by atoms with van der Waals surface area (Å²) in [6.07, 6.45) is 3.84. The van der Waals surface area contributed by atoms with Crippen LogP contribution < -0.4 is 10.6 Å². The van der Waals surface area contributed by atoms with Gasteiger partial charge in [0.2, 0.25) is 0 Å². The van der Waals surface area contributed by atoms with E-state index in [-0.39, 0.29) is 5.91 Å². The molecule has 0 atom stereocenters. The molecule has 0 spiro atoms. The molecular formula is C19H25ClN4O2. The number of carbonyl (C=O) groups excluding carboxylic acids is 1. The second-order valence-corrected chi connectivity index (χ2v) is 6.97. The van der Waals surface area contributed by atoms with E-state index in [1.165, 1.54) is 0 Å². The van der Waals surface area contributed by atoms with Crippen molar-refractivity contribution in [3.05, 3.63) is 46.2 Å². The third-order valence-electron chi connectivity index (χ3n) is 4.49. The van der Waals surface area contributed by atoms with Crippen LogP contribution in [0.25, 0.3) is 5.69 Å². The van der Waals surface area contributed by atoms with Crippen LogP contribution >= 0.6 is 11.6 Å². The van der Waals surface area contributed by atoms with Crippen molar-refractivity contribution in [3.8, 4) is 5.69 Å². The molecule has 0 radical (unpaired) electrons. The Morgan fingerprint density at radius 2 is 2.15 bits per heavy atom. The van der Waals surface area contributed by atoms with Gasteiger partial charge in [-0.2, -0.15) is 5.10 Å². The second kappa shape index (κ2) is 8.66. The topological polar surface area (TPSA) is 68.2 Å². The Labute approximate surface area is 158 Å². The normalized spacial score (nSPS) is 13.8. The zero-order valence-electron chi connectivity index (χ0n) is 15.2. The highest BCUT2D eigenvalue weighted by Crippen LogP contribution is 2.42. The van der Waals surface area contributed by atoms with E-state index >= 15 is 0 Å². The first kappa shape index (κ1) is 18.9. The Balaban J connectivity index is 1.71. The fraction of sp³-hybridized carbons (Fsp3) is 0.474. The zero-order chi connectivity index (χ0) is 18.5. The number of carbonyl (C=O) groups is 1. The molecule has 1 amide bonds. The van der Waals surface area contributed by atoms with Crippen molar-refractivity contribution >= 4 is 17.5 Å². The fourth-order valence-electron chi connectivity index (χ4n) is 2.86. The zero-order valence-corrected chi connectivity index (χ0v) is 16.0. The van der Waals surface area contributed by atoms with Gasteiger partial charge in [0, 0.05) is 37.7 Å². The molecule has 140 valence electrons. The molecule has 1 aromatic carbocycles. The summed E-state index contributed by atoms with van der Waals surface area (Å²) >= 11 is 6.27. The van der Waals surface area contributed by atoms with Crippen molar-refractivity contribution < 1.29 is 9.53 Å². The van der Waals surface area contributed by atoms with Crippen molar-refractivity contribution in [1.82, 2.24) is 20.4 Å². The largest absolute Gasteiger partial charge is 0.383 e. The van der Waals surface area contributed by atoms with E-state index in [0.717, 1.165) is 36.3 Å². The lowest BCUT2D eigenvalue weighted by Gasteiger charge is -2.11. The Hall–Kier alpha value is -1.89. The Bertz CT molecular complexity index is 771. The first-order chi connectivity index (χ1) is 12.6. The molecule has 3 rings (SSSR count). The molecule has 1 aromatic heterocycles. The minimum absolute atomic E-state index is 0.0788. The number of nitrogens with one attached hydrogen (secondary N) is 2. The van der Waals surface area contributed by atoms with Crippen molar-refractivity contribution in [2.24, 2.45) is 0 Å². The van der Waals surface area contributed by atoms with Gasteiger partial charge >= 0.3 is 0 Å². The first-order valence-electron chi connectivity index (χ1n) is 8.94. The molecule has 1 aliphatic rings. The minimum atomic E-state index is -0.0788. The fourth-order valence-corrected chi connectivity index (χ4v) is 3.04. The number of aromatic nitrogens is 2. The van der Waals surface area contributed by atoms with Gasteiger partial charge in [-0.1, -0.05) is 17.7 Å². The number of aryl methyl sites for hydroxylation is 1. The summed E-state index contributed by atoms with van der Waals surface area (Å²) in [4.78, 5) is 12.6. The van der Waals surface area contributed by atoms with Crippen LogP contribution in [0.3, 0.4) is 0 Å². The van der Waals surface area contributed by atoms with Gasteiger partial charge in [0.05, 0.1) is 29.7 Å². The number of methoxy groups -OCH3 is 1. The molecule has 2 aromatic rings. The van der Waals surface area contributed by atoms with E-state index in [4.69, 9.17) is 16.3 Å². The molecule has 7 heteroatoms. The molecule has 6 nitrogen and oxygen atoms in total. The summed E-state index contributed by atoms with van der Waals surface area (Å²) in [7, 11) is 1.67. The van der Waals surface area contributed by atoms with Crippen LogP contribution in [0, 0.1) is 6.92 Å². The SMILES string of the molecule is COCCNCCNC(=O)c1cnn(-c2ccc(C)c(Cl)c2)c1C1CC1. The number of hydrogen-bond acceptors (Lipinski definition) is 4. The number of halogens is 1. The Morgan fingerprint density at radius 1 is 1.35 bits per heavy atom. The quantitative estimate of drug-likeness (QED) is 0.660. The number of benzene rings is 1. The maximum absolute atomic E-state index is 12.6. The van der Waals surface area contributed by atoms with Gasteiger partial charge in [0.1, 0.15) is 0 Å². The van der Waals surface area contributed by atoms with Crippen molar-refractivity contribution in [2.75, 3.05) is 33.4 Å². The van der Waals surface area contributed by atoms with Gasteiger partial charge in [-0.15, -0.1) is 0 Å². The van der Waals surface area contributed by atoms with Gasteiger partial charge in [-0.05, 0) is 37.5 Å². The predicted molar refractivity (Wildman–Crippen MR) is 102 cm³/mol. The van der Waals surface area contributed by atoms with Gasteiger partial charge in [-0.3, -0.25) is 4.79 Å². The lowest BCUT2D eigenvalue weighted by Crippen LogP contribution is -2.33. The van der Waals surface area contributed by atoms with E-state index in [2.05, 4.69) is 15.7 Å². The number of nitrogens with zero attached hydrogens (tertiary/aromatic N) is 2. The molecule has 1 aliphatic carbocycles. The third-order valence-corrected chi connectivity index (χ3v) is 4.89. The highest BCUT2D eigenvalue weighted by molar-refractivity contribution is 6.31. The summed E-state index contributed by atoms with van der Waals surface area (Å²) in [6.45, 7) is 4.66. The first-order valence-corrected chi connectivity index (χ1v) is 9.32. The maximum atomic E-state index is 12.6. The standard InChI is InChI=1S/C19H25ClN4O2/c1-13-3-6-15(11-17(13)20)24-18(14-4-5-14)16(12-23-24)19(25)22-8-7-21-9-10-26-2/h3,6,11-12,14,21H,4-5,7-10H2,1-2H3,(H,22,25). The smallest absolute Gasteiger partial charge is 0.254 e. The summed E-state index contributed by atoms with van der Waals surface area (Å²) in [6, 6.07) is 5.86. The summed E-state index contributed by atoms with van der Waals surface area (Å²) in [5.41, 5.74) is 3.55.